The summed E-state index contributed by atoms with van der Waals surface area (Å²) in [6.07, 6.45) is 5.04. The highest BCUT2D eigenvalue weighted by atomic mass is 32.1. The van der Waals surface area contributed by atoms with Crippen LogP contribution in [-0.2, 0) is 9.59 Å². The Morgan fingerprint density at radius 2 is 1.64 bits per heavy atom. The van der Waals surface area contributed by atoms with E-state index in [-0.39, 0.29) is 22.8 Å². The van der Waals surface area contributed by atoms with Gasteiger partial charge in [0, 0.05) is 24.1 Å². The summed E-state index contributed by atoms with van der Waals surface area (Å²) in [5.74, 6) is -0.696. The lowest BCUT2D eigenvalue weighted by Gasteiger charge is -2.21. The van der Waals surface area contributed by atoms with E-state index < -0.39 is 5.91 Å². The molecule has 1 aromatic rings. The van der Waals surface area contributed by atoms with Crippen molar-refractivity contribution in [3.8, 4) is 0 Å². The summed E-state index contributed by atoms with van der Waals surface area (Å²) in [6, 6.07) is 6.40. The van der Waals surface area contributed by atoms with Crippen molar-refractivity contribution in [1.82, 2.24) is 16.2 Å². The molecule has 0 heterocycles. The molecule has 7 nitrogen and oxygen atoms in total. The van der Waals surface area contributed by atoms with Gasteiger partial charge >= 0.3 is 0 Å². The summed E-state index contributed by atoms with van der Waals surface area (Å²) in [7, 11) is 0. The molecule has 0 atom stereocenters. The van der Waals surface area contributed by atoms with E-state index in [2.05, 4.69) is 21.5 Å². The predicted octanol–water partition coefficient (Wildman–Crippen LogP) is 1.86. The Labute approximate surface area is 151 Å². The number of thiocarbonyl (C=S) groups is 1. The third-order valence-electron chi connectivity index (χ3n) is 3.97. The summed E-state index contributed by atoms with van der Waals surface area (Å²) >= 11 is 5.03. The number of hydrogen-bond donors (Lipinski definition) is 4. The second-order valence-electron chi connectivity index (χ2n) is 5.99. The number of carbonyl (C=O) groups excluding carboxylic acids is 3. The maximum absolute atomic E-state index is 12.1. The average molecular weight is 362 g/mol. The van der Waals surface area contributed by atoms with Gasteiger partial charge in [-0.3, -0.25) is 25.2 Å². The molecule has 1 aliphatic carbocycles. The van der Waals surface area contributed by atoms with Crippen LogP contribution in [0.25, 0.3) is 0 Å². The van der Waals surface area contributed by atoms with Crippen molar-refractivity contribution in [2.75, 3.05) is 5.32 Å². The van der Waals surface area contributed by atoms with Crippen LogP contribution in [0.1, 0.15) is 49.4 Å². The van der Waals surface area contributed by atoms with E-state index in [1.807, 2.05) is 0 Å². The van der Waals surface area contributed by atoms with Gasteiger partial charge in [0.25, 0.3) is 5.91 Å². The lowest BCUT2D eigenvalue weighted by atomic mass is 9.89. The Morgan fingerprint density at radius 1 is 1.00 bits per heavy atom. The number of nitrogens with one attached hydrogen (secondary N) is 4. The van der Waals surface area contributed by atoms with E-state index in [0.29, 0.717) is 11.3 Å². The normalized spacial score (nSPS) is 14.3. The summed E-state index contributed by atoms with van der Waals surface area (Å²) in [4.78, 5) is 35.1. The Hall–Kier alpha value is -2.48. The molecular weight excluding hydrogens is 340 g/mol. The predicted molar refractivity (Wildman–Crippen MR) is 98.7 cm³/mol. The molecule has 0 bridgehead atoms. The third-order valence-corrected chi connectivity index (χ3v) is 4.17. The van der Waals surface area contributed by atoms with Crippen molar-refractivity contribution < 1.29 is 14.4 Å². The van der Waals surface area contributed by atoms with Gasteiger partial charge in [-0.25, -0.2) is 0 Å². The molecule has 2 rings (SSSR count). The van der Waals surface area contributed by atoms with Gasteiger partial charge < -0.3 is 10.6 Å². The fraction of sp³-hybridized carbons (Fsp3) is 0.412. The largest absolute Gasteiger partial charge is 0.326 e. The number of carbonyl (C=O) groups is 3. The molecule has 1 aromatic carbocycles. The zero-order valence-electron chi connectivity index (χ0n) is 14.1. The molecule has 3 amide bonds. The first-order valence-electron chi connectivity index (χ1n) is 8.24. The van der Waals surface area contributed by atoms with Gasteiger partial charge in [0.15, 0.2) is 5.11 Å². The van der Waals surface area contributed by atoms with Crippen LogP contribution in [0.5, 0.6) is 0 Å². The Morgan fingerprint density at radius 3 is 2.24 bits per heavy atom. The summed E-state index contributed by atoms with van der Waals surface area (Å²) in [5.41, 5.74) is 5.96. The van der Waals surface area contributed by atoms with Gasteiger partial charge in [-0.1, -0.05) is 19.3 Å². The number of hydrogen-bond acceptors (Lipinski definition) is 4. The number of benzene rings is 1. The van der Waals surface area contributed by atoms with Gasteiger partial charge in [-0.2, -0.15) is 0 Å². The van der Waals surface area contributed by atoms with Crippen molar-refractivity contribution in [2.24, 2.45) is 5.92 Å². The standard InChI is InChI=1S/C17H22N4O3S/c1-11(22)18-14-9-7-13(8-10-14)16(24)20-21-17(25)19-15(23)12-5-3-2-4-6-12/h7-10,12H,2-6H2,1H3,(H,18,22)(H,20,24)(H2,19,21,23,25). The van der Waals surface area contributed by atoms with Gasteiger partial charge in [0.05, 0.1) is 0 Å². The van der Waals surface area contributed by atoms with Crippen molar-refractivity contribution in [3.05, 3.63) is 29.8 Å². The molecule has 4 N–H and O–H groups in total. The molecule has 0 spiro atoms. The van der Waals surface area contributed by atoms with Gasteiger partial charge in [0.1, 0.15) is 0 Å². The number of rotatable bonds is 3. The molecule has 0 saturated heterocycles. The number of amides is 3. The molecule has 0 aliphatic heterocycles. The van der Waals surface area contributed by atoms with Gasteiger partial charge in [-0.05, 0) is 49.3 Å². The minimum absolute atomic E-state index is 0.00878. The zero-order valence-corrected chi connectivity index (χ0v) is 14.9. The minimum atomic E-state index is -0.399. The van der Waals surface area contributed by atoms with E-state index in [9.17, 15) is 14.4 Å². The molecule has 1 aliphatic rings. The molecular formula is C17H22N4O3S. The van der Waals surface area contributed by atoms with Crippen LogP contribution in [0.4, 0.5) is 5.69 Å². The fourth-order valence-electron chi connectivity index (χ4n) is 2.70. The maximum Gasteiger partial charge on any atom is 0.269 e. The van der Waals surface area contributed by atoms with E-state index >= 15 is 0 Å². The molecule has 1 fully saturated rings. The second kappa shape index (κ2) is 9.12. The van der Waals surface area contributed by atoms with Gasteiger partial charge in [-0.15, -0.1) is 0 Å². The lowest BCUT2D eigenvalue weighted by molar-refractivity contribution is -0.124. The molecule has 0 aromatic heterocycles. The number of hydrazine groups is 1. The quantitative estimate of drug-likeness (QED) is 0.486. The molecule has 25 heavy (non-hydrogen) atoms. The summed E-state index contributed by atoms with van der Waals surface area (Å²) in [6.45, 7) is 1.41. The average Bonchev–Trinajstić information content (AvgIpc) is 2.60. The van der Waals surface area contributed by atoms with Gasteiger partial charge in [0.2, 0.25) is 11.8 Å². The lowest BCUT2D eigenvalue weighted by Crippen LogP contribution is -2.49. The van der Waals surface area contributed by atoms with Crippen LogP contribution in [0, 0.1) is 5.92 Å². The summed E-state index contributed by atoms with van der Waals surface area (Å²) in [5, 5.41) is 5.29. The van der Waals surface area contributed by atoms with E-state index in [0.717, 1.165) is 25.7 Å². The van der Waals surface area contributed by atoms with Crippen LogP contribution in [0.15, 0.2) is 24.3 Å². The minimum Gasteiger partial charge on any atom is -0.326 e. The first kappa shape index (κ1) is 18.9. The van der Waals surface area contributed by atoms with Crippen molar-refractivity contribution in [2.45, 2.75) is 39.0 Å². The molecule has 1 saturated carbocycles. The maximum atomic E-state index is 12.1. The van der Waals surface area contributed by atoms with Crippen LogP contribution >= 0.6 is 12.2 Å². The SMILES string of the molecule is CC(=O)Nc1ccc(C(=O)NNC(=S)NC(=O)C2CCCCC2)cc1. The van der Waals surface area contributed by atoms with Crippen LogP contribution in [0.2, 0.25) is 0 Å². The Bertz CT molecular complexity index is 654. The first-order valence-corrected chi connectivity index (χ1v) is 8.65. The highest BCUT2D eigenvalue weighted by Crippen LogP contribution is 2.23. The Kier molecular flexibility index (Phi) is 6.88. The number of anilines is 1. The van der Waals surface area contributed by atoms with Crippen LogP contribution in [0.3, 0.4) is 0 Å². The molecule has 0 radical (unpaired) electrons. The third kappa shape index (κ3) is 6.15. The van der Waals surface area contributed by atoms with Crippen molar-refractivity contribution >= 4 is 40.7 Å². The highest BCUT2D eigenvalue weighted by molar-refractivity contribution is 7.80. The van der Waals surface area contributed by atoms with E-state index in [1.165, 1.54) is 13.3 Å². The molecule has 0 unspecified atom stereocenters. The zero-order chi connectivity index (χ0) is 18.2. The fourth-order valence-corrected chi connectivity index (χ4v) is 2.86. The van der Waals surface area contributed by atoms with Crippen LogP contribution < -0.4 is 21.5 Å². The van der Waals surface area contributed by atoms with Crippen molar-refractivity contribution in [1.29, 1.82) is 0 Å². The van der Waals surface area contributed by atoms with E-state index in [4.69, 9.17) is 12.2 Å². The first-order chi connectivity index (χ1) is 12.0. The van der Waals surface area contributed by atoms with E-state index in [1.54, 1.807) is 24.3 Å². The smallest absolute Gasteiger partial charge is 0.269 e. The van der Waals surface area contributed by atoms with Crippen LogP contribution in [-0.4, -0.2) is 22.8 Å². The second-order valence-corrected chi connectivity index (χ2v) is 6.40. The Balaban J connectivity index is 1.77. The highest BCUT2D eigenvalue weighted by Gasteiger charge is 2.21. The molecule has 134 valence electrons. The topological polar surface area (TPSA) is 99.3 Å². The monoisotopic (exact) mass is 362 g/mol. The van der Waals surface area contributed by atoms with Crippen molar-refractivity contribution in [3.63, 3.8) is 0 Å². The summed E-state index contributed by atoms with van der Waals surface area (Å²) < 4.78 is 0. The molecule has 8 heteroatoms.